The van der Waals surface area contributed by atoms with Gasteiger partial charge in [0.2, 0.25) is 0 Å². The van der Waals surface area contributed by atoms with Crippen molar-refractivity contribution in [1.29, 1.82) is 5.26 Å². The van der Waals surface area contributed by atoms with Crippen molar-refractivity contribution in [3.63, 3.8) is 0 Å². The highest BCUT2D eigenvalue weighted by molar-refractivity contribution is 14.1. The van der Waals surface area contributed by atoms with Crippen LogP contribution in [0.4, 0.5) is 5.69 Å². The van der Waals surface area contributed by atoms with E-state index in [2.05, 4.69) is 46.1 Å². The van der Waals surface area contributed by atoms with Crippen molar-refractivity contribution in [2.45, 2.75) is 37.6 Å². The van der Waals surface area contributed by atoms with Gasteiger partial charge in [-0.3, -0.25) is 0 Å². The minimum Gasteiger partial charge on any atom is -0.366 e. The van der Waals surface area contributed by atoms with E-state index in [1.165, 1.54) is 9.99 Å². The molecule has 16 heavy (non-hydrogen) atoms. The highest BCUT2D eigenvalue weighted by Gasteiger charge is 2.32. The number of anilines is 1. The second-order valence-electron chi connectivity index (χ2n) is 4.36. The summed E-state index contributed by atoms with van der Waals surface area (Å²) in [5.41, 5.74) is 0.756. The third kappa shape index (κ3) is 2.49. The molecule has 0 bridgehead atoms. The molecule has 1 aliphatic carbocycles. The highest BCUT2D eigenvalue weighted by Crippen LogP contribution is 2.32. The van der Waals surface area contributed by atoms with E-state index in [-0.39, 0.29) is 5.54 Å². The largest absolute Gasteiger partial charge is 0.366 e. The maximum Gasteiger partial charge on any atom is 0.125 e. The van der Waals surface area contributed by atoms with Crippen LogP contribution in [-0.2, 0) is 0 Å². The van der Waals surface area contributed by atoms with E-state index in [9.17, 15) is 5.26 Å². The lowest BCUT2D eigenvalue weighted by atomic mass is 9.82. The van der Waals surface area contributed by atoms with Crippen LogP contribution >= 0.6 is 22.6 Å². The number of benzene rings is 1. The first kappa shape index (κ1) is 11.7. The van der Waals surface area contributed by atoms with Crippen molar-refractivity contribution in [2.75, 3.05) is 5.32 Å². The van der Waals surface area contributed by atoms with E-state index in [1.807, 2.05) is 12.1 Å². The van der Waals surface area contributed by atoms with Crippen molar-refractivity contribution in [1.82, 2.24) is 0 Å². The van der Waals surface area contributed by atoms with Gasteiger partial charge in [-0.05, 0) is 47.6 Å². The molecule has 0 aromatic heterocycles. The fourth-order valence-electron chi connectivity index (χ4n) is 2.24. The van der Waals surface area contributed by atoms with Crippen LogP contribution in [0.5, 0.6) is 0 Å². The number of hydrogen-bond donors (Lipinski definition) is 1. The van der Waals surface area contributed by atoms with Crippen LogP contribution in [0.1, 0.15) is 32.1 Å². The summed E-state index contributed by atoms with van der Waals surface area (Å²) < 4.78 is 1.18. The van der Waals surface area contributed by atoms with Gasteiger partial charge in [0.1, 0.15) is 5.54 Å². The average Bonchev–Trinajstić information content (AvgIpc) is 2.33. The minimum absolute atomic E-state index is 0.334. The average molecular weight is 326 g/mol. The molecule has 1 aromatic rings. The molecule has 0 radical (unpaired) electrons. The van der Waals surface area contributed by atoms with Crippen LogP contribution in [0.15, 0.2) is 24.3 Å². The monoisotopic (exact) mass is 326 g/mol. The molecule has 0 spiro atoms. The Morgan fingerprint density at radius 2 is 1.88 bits per heavy atom. The third-order valence-corrected chi connectivity index (χ3v) is 4.11. The van der Waals surface area contributed by atoms with Gasteiger partial charge in [0.15, 0.2) is 0 Å². The van der Waals surface area contributed by atoms with Crippen LogP contribution in [0.25, 0.3) is 0 Å². The topological polar surface area (TPSA) is 35.8 Å². The molecule has 1 N–H and O–H groups in total. The van der Waals surface area contributed by atoms with Gasteiger partial charge in [0.05, 0.1) is 6.07 Å². The first-order chi connectivity index (χ1) is 7.76. The predicted molar refractivity (Wildman–Crippen MR) is 74.2 cm³/mol. The first-order valence-electron chi connectivity index (χ1n) is 5.70. The van der Waals surface area contributed by atoms with Gasteiger partial charge in [0, 0.05) is 9.26 Å². The molecule has 2 nitrogen and oxygen atoms in total. The lowest BCUT2D eigenvalue weighted by Gasteiger charge is -2.32. The van der Waals surface area contributed by atoms with Gasteiger partial charge in [-0.25, -0.2) is 0 Å². The van der Waals surface area contributed by atoms with E-state index in [1.54, 1.807) is 0 Å². The van der Waals surface area contributed by atoms with Gasteiger partial charge in [-0.2, -0.15) is 5.26 Å². The highest BCUT2D eigenvalue weighted by atomic mass is 127. The lowest BCUT2D eigenvalue weighted by Crippen LogP contribution is -2.38. The van der Waals surface area contributed by atoms with E-state index in [0.29, 0.717) is 0 Å². The molecule has 0 saturated heterocycles. The number of para-hydroxylation sites is 1. The van der Waals surface area contributed by atoms with Crippen LogP contribution in [-0.4, -0.2) is 5.54 Å². The van der Waals surface area contributed by atoms with Crippen LogP contribution in [0.2, 0.25) is 0 Å². The molecule has 1 fully saturated rings. The SMILES string of the molecule is N#CC1(Nc2ccccc2I)CCCCC1. The molecule has 84 valence electrons. The zero-order valence-corrected chi connectivity index (χ0v) is 11.3. The molecule has 2 rings (SSSR count). The summed E-state index contributed by atoms with van der Waals surface area (Å²) in [6.45, 7) is 0. The smallest absolute Gasteiger partial charge is 0.125 e. The maximum absolute atomic E-state index is 9.38. The molecule has 0 atom stereocenters. The predicted octanol–water partition coefficient (Wildman–Crippen LogP) is 3.93. The number of nitriles is 1. The van der Waals surface area contributed by atoms with E-state index < -0.39 is 0 Å². The fraction of sp³-hybridized carbons (Fsp3) is 0.462. The van der Waals surface area contributed by atoms with Crippen molar-refractivity contribution in [3.05, 3.63) is 27.8 Å². The van der Waals surface area contributed by atoms with Gasteiger partial charge in [-0.1, -0.05) is 31.4 Å². The maximum atomic E-state index is 9.38. The normalized spacial score (nSPS) is 18.8. The summed E-state index contributed by atoms with van der Waals surface area (Å²) in [6, 6.07) is 10.6. The Morgan fingerprint density at radius 1 is 1.19 bits per heavy atom. The van der Waals surface area contributed by atoms with E-state index in [0.717, 1.165) is 31.4 Å². The number of hydrogen-bond acceptors (Lipinski definition) is 2. The van der Waals surface area contributed by atoms with Gasteiger partial charge in [0.25, 0.3) is 0 Å². The minimum atomic E-state index is -0.334. The van der Waals surface area contributed by atoms with Crippen LogP contribution in [0, 0.1) is 14.9 Å². The summed E-state index contributed by atoms with van der Waals surface area (Å²) in [4.78, 5) is 0. The van der Waals surface area contributed by atoms with Gasteiger partial charge >= 0.3 is 0 Å². The van der Waals surface area contributed by atoms with Gasteiger partial charge < -0.3 is 5.32 Å². The number of nitrogens with one attached hydrogen (secondary N) is 1. The Morgan fingerprint density at radius 3 is 2.50 bits per heavy atom. The van der Waals surface area contributed by atoms with E-state index >= 15 is 0 Å². The lowest BCUT2D eigenvalue weighted by molar-refractivity contribution is 0.392. The zero-order chi connectivity index (χ0) is 11.4. The van der Waals surface area contributed by atoms with Gasteiger partial charge in [-0.15, -0.1) is 0 Å². The first-order valence-corrected chi connectivity index (χ1v) is 6.78. The Balaban J connectivity index is 2.19. The fourth-order valence-corrected chi connectivity index (χ4v) is 2.76. The molecule has 0 unspecified atom stereocenters. The van der Waals surface area contributed by atoms with Crippen molar-refractivity contribution >= 4 is 28.3 Å². The molecule has 1 saturated carbocycles. The molecular formula is C13H15IN2. The number of nitrogens with zero attached hydrogens (tertiary/aromatic N) is 1. The molecule has 0 aliphatic heterocycles. The van der Waals surface area contributed by atoms with E-state index in [4.69, 9.17) is 0 Å². The number of halogens is 1. The summed E-state index contributed by atoms with van der Waals surface area (Å²) in [5, 5.41) is 12.8. The van der Waals surface area contributed by atoms with Crippen LogP contribution < -0.4 is 5.32 Å². The molecule has 1 aliphatic rings. The Hall–Kier alpha value is -0.760. The summed E-state index contributed by atoms with van der Waals surface area (Å²) >= 11 is 2.31. The quantitative estimate of drug-likeness (QED) is 0.836. The Labute approximate surface area is 110 Å². The Bertz CT molecular complexity index is 403. The van der Waals surface area contributed by atoms with Crippen LogP contribution in [0.3, 0.4) is 0 Å². The van der Waals surface area contributed by atoms with Crippen molar-refractivity contribution in [3.8, 4) is 6.07 Å². The molecule has 0 amide bonds. The summed E-state index contributed by atoms with van der Waals surface area (Å²) in [7, 11) is 0. The third-order valence-electron chi connectivity index (χ3n) is 3.17. The second-order valence-corrected chi connectivity index (χ2v) is 5.52. The molecular weight excluding hydrogens is 311 g/mol. The second kappa shape index (κ2) is 5.05. The summed E-state index contributed by atoms with van der Waals surface area (Å²) in [6.07, 6.45) is 5.51. The van der Waals surface area contributed by atoms with Crippen molar-refractivity contribution in [2.24, 2.45) is 0 Å². The molecule has 1 aromatic carbocycles. The Kier molecular flexibility index (Phi) is 3.70. The number of rotatable bonds is 2. The molecule has 0 heterocycles. The van der Waals surface area contributed by atoms with Crippen molar-refractivity contribution < 1.29 is 0 Å². The molecule has 3 heteroatoms. The standard InChI is InChI=1S/C13H15IN2/c14-11-6-2-3-7-12(11)16-13(10-15)8-4-1-5-9-13/h2-3,6-7,16H,1,4-5,8-9H2. The zero-order valence-electron chi connectivity index (χ0n) is 9.17. The summed E-state index contributed by atoms with van der Waals surface area (Å²) in [5.74, 6) is 0.